The van der Waals surface area contributed by atoms with E-state index in [0.717, 1.165) is 20.9 Å². The second-order valence-electron chi connectivity index (χ2n) is 7.14. The molecule has 9 heteroatoms. The second kappa shape index (κ2) is 9.27. The van der Waals surface area contributed by atoms with Crippen LogP contribution < -0.4 is 14.3 Å². The Hall–Kier alpha value is -2.91. The number of thiazole rings is 1. The normalized spacial score (nSPS) is 12.4. The van der Waals surface area contributed by atoms with Gasteiger partial charge in [0, 0.05) is 12.4 Å². The molecule has 0 N–H and O–H groups in total. The van der Waals surface area contributed by atoms with Gasteiger partial charge in [0.25, 0.3) is 0 Å². The fraction of sp³-hybridized carbons (Fsp3) is 0.286. The van der Waals surface area contributed by atoms with E-state index in [1.54, 1.807) is 68.2 Å². The van der Waals surface area contributed by atoms with Crippen molar-refractivity contribution >= 4 is 35.0 Å². The molecule has 0 aliphatic heterocycles. The summed E-state index contributed by atoms with van der Waals surface area (Å²) in [6.45, 7) is 5.32. The molecule has 2 aromatic heterocycles. The highest BCUT2D eigenvalue weighted by atomic mass is 32.1. The Bertz CT molecular complexity index is 1110. The molecule has 7 nitrogen and oxygen atoms in total. The molecule has 0 unspecified atom stereocenters. The Morgan fingerprint density at radius 1 is 1.17 bits per heavy atom. The number of rotatable bonds is 5. The lowest BCUT2D eigenvalue weighted by atomic mass is 10.2. The van der Waals surface area contributed by atoms with Gasteiger partial charge in [0.05, 0.1) is 23.9 Å². The number of methoxy groups -OCH3 is 1. The minimum atomic E-state index is -0.786. The Kier molecular flexibility index (Phi) is 6.73. The standard InChI is InChI=1S/C21H23N3O4S2/c1-21(2,3)28-20(25)27-16-9-8-14(11-17(16)26-5)12-23-24-15(13-30-19(24)22-4)18-7-6-10-29-18/h6-13H,1-5H3. The van der Waals surface area contributed by atoms with Crippen LogP contribution in [0.3, 0.4) is 0 Å². The van der Waals surface area contributed by atoms with Gasteiger partial charge in [0.15, 0.2) is 11.5 Å². The second-order valence-corrected chi connectivity index (χ2v) is 8.92. The van der Waals surface area contributed by atoms with Crippen molar-refractivity contribution in [1.29, 1.82) is 0 Å². The zero-order valence-corrected chi connectivity index (χ0v) is 19.0. The molecule has 158 valence electrons. The van der Waals surface area contributed by atoms with Crippen molar-refractivity contribution in [2.24, 2.45) is 10.1 Å². The summed E-state index contributed by atoms with van der Waals surface area (Å²) in [4.78, 5) is 18.1. The van der Waals surface area contributed by atoms with Crippen LogP contribution in [-0.4, -0.2) is 36.8 Å². The van der Waals surface area contributed by atoms with E-state index >= 15 is 0 Å². The summed E-state index contributed by atoms with van der Waals surface area (Å²) in [5, 5.41) is 8.66. The van der Waals surface area contributed by atoms with E-state index in [1.165, 1.54) is 18.4 Å². The number of aromatic nitrogens is 1. The molecule has 30 heavy (non-hydrogen) atoms. The van der Waals surface area contributed by atoms with Crippen LogP contribution >= 0.6 is 22.7 Å². The van der Waals surface area contributed by atoms with Gasteiger partial charge in [-0.3, -0.25) is 4.99 Å². The predicted molar refractivity (Wildman–Crippen MR) is 120 cm³/mol. The van der Waals surface area contributed by atoms with Gasteiger partial charge in [0.2, 0.25) is 4.80 Å². The Morgan fingerprint density at radius 3 is 2.60 bits per heavy atom. The average Bonchev–Trinajstić information content (AvgIpc) is 3.34. The van der Waals surface area contributed by atoms with Gasteiger partial charge in [0.1, 0.15) is 5.60 Å². The van der Waals surface area contributed by atoms with Crippen LogP contribution in [0.4, 0.5) is 4.79 Å². The van der Waals surface area contributed by atoms with E-state index in [0.29, 0.717) is 5.75 Å². The van der Waals surface area contributed by atoms with Crippen LogP contribution in [0.2, 0.25) is 0 Å². The van der Waals surface area contributed by atoms with Gasteiger partial charge in [-0.2, -0.15) is 5.10 Å². The molecule has 3 rings (SSSR count). The number of hydrogen-bond donors (Lipinski definition) is 0. The summed E-state index contributed by atoms with van der Waals surface area (Å²) in [6, 6.07) is 9.22. The first kappa shape index (κ1) is 21.8. The third-order valence-corrected chi connectivity index (χ3v) is 5.54. The zero-order chi connectivity index (χ0) is 21.7. The van der Waals surface area contributed by atoms with Crippen LogP contribution in [0.25, 0.3) is 10.6 Å². The van der Waals surface area contributed by atoms with Crippen molar-refractivity contribution in [3.8, 4) is 22.1 Å². The maximum absolute atomic E-state index is 11.9. The Balaban J connectivity index is 1.86. The highest BCUT2D eigenvalue weighted by Gasteiger charge is 2.19. The molecule has 0 radical (unpaired) electrons. The maximum atomic E-state index is 11.9. The third-order valence-electron chi connectivity index (χ3n) is 3.74. The van der Waals surface area contributed by atoms with Crippen LogP contribution in [0.15, 0.2) is 51.2 Å². The van der Waals surface area contributed by atoms with Gasteiger partial charge in [-0.25, -0.2) is 9.47 Å². The van der Waals surface area contributed by atoms with Crippen LogP contribution in [-0.2, 0) is 4.74 Å². The smallest absolute Gasteiger partial charge is 0.493 e. The molecule has 0 amide bonds. The van der Waals surface area contributed by atoms with Crippen molar-refractivity contribution in [1.82, 2.24) is 4.68 Å². The lowest BCUT2D eigenvalue weighted by Gasteiger charge is -2.19. The summed E-state index contributed by atoms with van der Waals surface area (Å²) in [7, 11) is 3.25. The van der Waals surface area contributed by atoms with Gasteiger partial charge in [-0.1, -0.05) is 6.07 Å². The fourth-order valence-electron chi connectivity index (χ4n) is 2.49. The number of carbonyl (C=O) groups is 1. The van der Waals surface area contributed by atoms with Crippen molar-refractivity contribution in [3.05, 3.63) is 51.5 Å². The van der Waals surface area contributed by atoms with Gasteiger partial charge < -0.3 is 14.2 Å². The van der Waals surface area contributed by atoms with Crippen LogP contribution in [0.1, 0.15) is 26.3 Å². The zero-order valence-electron chi connectivity index (χ0n) is 17.4. The van der Waals surface area contributed by atoms with Crippen molar-refractivity contribution in [3.63, 3.8) is 0 Å². The SMILES string of the molecule is CN=c1scc(-c2cccs2)n1N=Cc1ccc(OC(=O)OC(C)(C)C)c(OC)c1. The number of benzene rings is 1. The highest BCUT2D eigenvalue weighted by molar-refractivity contribution is 7.14. The summed E-state index contributed by atoms with van der Waals surface area (Å²) < 4.78 is 17.6. The molecule has 0 saturated heterocycles. The number of hydrogen-bond acceptors (Lipinski definition) is 8. The first-order valence-corrected chi connectivity index (χ1v) is 10.9. The highest BCUT2D eigenvalue weighted by Crippen LogP contribution is 2.29. The number of thiophene rings is 1. The van der Waals surface area contributed by atoms with Crippen LogP contribution in [0.5, 0.6) is 11.5 Å². The molecule has 2 heterocycles. The summed E-state index contributed by atoms with van der Waals surface area (Å²) in [6.07, 6.45) is 0.920. The van der Waals surface area contributed by atoms with Crippen LogP contribution in [0, 0.1) is 0 Å². The quantitative estimate of drug-likeness (QED) is 0.314. The first-order valence-electron chi connectivity index (χ1n) is 9.11. The lowest BCUT2D eigenvalue weighted by molar-refractivity contribution is 0.0201. The molecule has 0 fully saturated rings. The molecule has 0 aliphatic rings. The molecule has 0 saturated carbocycles. The summed E-state index contributed by atoms with van der Waals surface area (Å²) in [5.41, 5.74) is 1.11. The van der Waals surface area contributed by atoms with Gasteiger partial charge in [-0.05, 0) is 56.0 Å². The number of carbonyl (C=O) groups excluding carboxylic acids is 1. The third kappa shape index (κ3) is 5.37. The number of ether oxygens (including phenoxy) is 3. The van der Waals surface area contributed by atoms with Crippen molar-refractivity contribution in [2.45, 2.75) is 26.4 Å². The van der Waals surface area contributed by atoms with E-state index in [2.05, 4.69) is 10.1 Å². The Labute approximate surface area is 182 Å². The molecule has 0 atom stereocenters. The predicted octanol–water partition coefficient (Wildman–Crippen LogP) is 5.01. The van der Waals surface area contributed by atoms with E-state index in [1.807, 2.05) is 22.9 Å². The van der Waals surface area contributed by atoms with Crippen molar-refractivity contribution in [2.75, 3.05) is 14.2 Å². The maximum Gasteiger partial charge on any atom is 0.514 e. The molecular weight excluding hydrogens is 422 g/mol. The van der Waals surface area contributed by atoms with E-state index in [9.17, 15) is 4.79 Å². The minimum absolute atomic E-state index is 0.274. The fourth-order valence-corrected chi connectivity index (χ4v) is 4.09. The molecule has 0 spiro atoms. The van der Waals surface area contributed by atoms with E-state index in [-0.39, 0.29) is 5.75 Å². The molecule has 0 aliphatic carbocycles. The van der Waals surface area contributed by atoms with Gasteiger partial charge >= 0.3 is 6.16 Å². The molecule has 3 aromatic rings. The Morgan fingerprint density at radius 2 is 1.97 bits per heavy atom. The van der Waals surface area contributed by atoms with Gasteiger partial charge in [-0.15, -0.1) is 22.7 Å². The number of nitrogens with zero attached hydrogens (tertiary/aromatic N) is 3. The largest absolute Gasteiger partial charge is 0.514 e. The van der Waals surface area contributed by atoms with E-state index < -0.39 is 11.8 Å². The summed E-state index contributed by atoms with van der Waals surface area (Å²) >= 11 is 3.17. The molecule has 0 bridgehead atoms. The van der Waals surface area contributed by atoms with Crippen molar-refractivity contribution < 1.29 is 19.0 Å². The minimum Gasteiger partial charge on any atom is -0.493 e. The molecular formula is C21H23N3O4S2. The summed E-state index contributed by atoms with van der Waals surface area (Å²) in [5.74, 6) is 0.676. The van der Waals surface area contributed by atoms with E-state index in [4.69, 9.17) is 14.2 Å². The average molecular weight is 446 g/mol. The monoisotopic (exact) mass is 445 g/mol. The lowest BCUT2D eigenvalue weighted by Crippen LogP contribution is -2.26. The molecule has 1 aromatic carbocycles. The first-order chi connectivity index (χ1) is 14.3. The topological polar surface area (TPSA) is 74.4 Å².